The lowest BCUT2D eigenvalue weighted by Gasteiger charge is -2.44. The van der Waals surface area contributed by atoms with E-state index in [9.17, 15) is 26.7 Å². The third kappa shape index (κ3) is 3.52. The summed E-state index contributed by atoms with van der Waals surface area (Å²) < 4.78 is 67.8. The van der Waals surface area contributed by atoms with Gasteiger partial charge >= 0.3 is 6.18 Å². The van der Waals surface area contributed by atoms with Gasteiger partial charge in [0.15, 0.2) is 0 Å². The van der Waals surface area contributed by atoms with Crippen molar-refractivity contribution >= 4 is 5.91 Å². The predicted octanol–water partition coefficient (Wildman–Crippen LogP) is 5.62. The first-order chi connectivity index (χ1) is 14.5. The molecule has 2 aromatic carbocycles. The summed E-state index contributed by atoms with van der Waals surface area (Å²) in [5, 5.41) is 0. The van der Waals surface area contributed by atoms with Crippen molar-refractivity contribution in [1.82, 2.24) is 4.90 Å². The minimum Gasteiger partial charge on any atom is -0.339 e. The van der Waals surface area contributed by atoms with E-state index < -0.39 is 22.8 Å². The number of rotatable bonds is 3. The van der Waals surface area contributed by atoms with Gasteiger partial charge in [-0.1, -0.05) is 30.3 Å². The molecule has 1 saturated heterocycles. The minimum absolute atomic E-state index is 0.0422. The highest BCUT2D eigenvalue weighted by molar-refractivity contribution is 5.74. The van der Waals surface area contributed by atoms with Crippen molar-refractivity contribution in [1.29, 1.82) is 0 Å². The Labute approximate surface area is 178 Å². The second-order valence-corrected chi connectivity index (χ2v) is 8.85. The number of likely N-dealkylation sites (tertiary alicyclic amines) is 1. The van der Waals surface area contributed by atoms with E-state index in [1.165, 1.54) is 31.2 Å². The lowest BCUT2D eigenvalue weighted by atomic mass is 9.63. The second kappa shape index (κ2) is 7.31. The molecule has 1 fully saturated rings. The molecule has 2 aliphatic rings. The van der Waals surface area contributed by atoms with Crippen LogP contribution in [0.15, 0.2) is 42.5 Å². The predicted molar refractivity (Wildman–Crippen MR) is 107 cm³/mol. The first-order valence-corrected chi connectivity index (χ1v) is 10.4. The number of alkyl halides is 4. The number of hydrogen-bond acceptors (Lipinski definition) is 1. The highest BCUT2D eigenvalue weighted by Crippen LogP contribution is 2.50. The summed E-state index contributed by atoms with van der Waals surface area (Å²) in [5.41, 5.74) is -1.91. The van der Waals surface area contributed by atoms with Crippen LogP contribution >= 0.6 is 0 Å². The van der Waals surface area contributed by atoms with Gasteiger partial charge in [-0.05, 0) is 67.0 Å². The molecule has 2 aromatic rings. The number of carbonyl (C=O) groups is 1. The molecule has 0 N–H and O–H groups in total. The molecule has 1 aliphatic carbocycles. The second-order valence-electron chi connectivity index (χ2n) is 8.85. The SMILES string of the molecule is CC(=O)N1CC[C@@]2(Cc3ccc(F)cc3)c3ccc(C(C)(F)C(F)(F)F)cc3CC[C@@H]12. The Morgan fingerprint density at radius 1 is 1.13 bits per heavy atom. The molecule has 1 aliphatic heterocycles. The Bertz CT molecular complexity index is 998. The molecule has 0 saturated carbocycles. The summed E-state index contributed by atoms with van der Waals surface area (Å²) in [4.78, 5) is 14.1. The molecule has 0 aromatic heterocycles. The summed E-state index contributed by atoms with van der Waals surface area (Å²) in [5.74, 6) is -0.392. The van der Waals surface area contributed by atoms with E-state index in [-0.39, 0.29) is 17.8 Å². The van der Waals surface area contributed by atoms with Crippen molar-refractivity contribution in [3.63, 3.8) is 0 Å². The Kier molecular flexibility index (Phi) is 5.14. The van der Waals surface area contributed by atoms with Gasteiger partial charge in [-0.2, -0.15) is 13.2 Å². The van der Waals surface area contributed by atoms with Gasteiger partial charge in [0.2, 0.25) is 11.6 Å². The number of halogens is 5. The van der Waals surface area contributed by atoms with Crippen LogP contribution in [0.4, 0.5) is 22.0 Å². The maximum absolute atomic E-state index is 14.6. The summed E-state index contributed by atoms with van der Waals surface area (Å²) in [7, 11) is 0. The summed E-state index contributed by atoms with van der Waals surface area (Å²) >= 11 is 0. The van der Waals surface area contributed by atoms with Crippen LogP contribution in [0.1, 0.15) is 48.9 Å². The van der Waals surface area contributed by atoms with E-state index in [1.807, 2.05) is 4.90 Å². The number of amides is 1. The van der Waals surface area contributed by atoms with Crippen LogP contribution in [0.5, 0.6) is 0 Å². The molecule has 0 bridgehead atoms. The fraction of sp³-hybridized carbons (Fsp3) is 0.458. The first kappa shape index (κ1) is 21.8. The number of aryl methyl sites for hydroxylation is 1. The molecule has 3 atom stereocenters. The first-order valence-electron chi connectivity index (χ1n) is 10.4. The molecule has 166 valence electrons. The molecule has 2 nitrogen and oxygen atoms in total. The van der Waals surface area contributed by atoms with Crippen LogP contribution in [0.3, 0.4) is 0 Å². The van der Waals surface area contributed by atoms with Gasteiger partial charge in [0.1, 0.15) is 5.82 Å². The van der Waals surface area contributed by atoms with Gasteiger partial charge in [0, 0.05) is 24.9 Å². The topological polar surface area (TPSA) is 20.3 Å². The number of benzene rings is 2. The summed E-state index contributed by atoms with van der Waals surface area (Å²) in [6.07, 6.45) is -2.78. The van der Waals surface area contributed by atoms with Gasteiger partial charge in [-0.3, -0.25) is 4.79 Å². The van der Waals surface area contributed by atoms with Gasteiger partial charge in [-0.15, -0.1) is 0 Å². The summed E-state index contributed by atoms with van der Waals surface area (Å²) in [6, 6.07) is 10.2. The maximum Gasteiger partial charge on any atom is 0.426 e. The monoisotopic (exact) mass is 437 g/mol. The Hall–Kier alpha value is -2.44. The number of hydrogen-bond donors (Lipinski definition) is 0. The normalized spacial score (nSPS) is 25.0. The Balaban J connectivity index is 1.81. The highest BCUT2D eigenvalue weighted by atomic mass is 19.4. The van der Waals surface area contributed by atoms with E-state index in [0.29, 0.717) is 44.7 Å². The van der Waals surface area contributed by atoms with Crippen molar-refractivity contribution in [2.45, 2.75) is 62.8 Å². The highest BCUT2D eigenvalue weighted by Gasteiger charge is 2.55. The molecule has 0 spiro atoms. The third-order valence-electron chi connectivity index (χ3n) is 7.05. The Morgan fingerprint density at radius 2 is 1.81 bits per heavy atom. The largest absolute Gasteiger partial charge is 0.426 e. The number of carbonyl (C=O) groups excluding carboxylic acids is 1. The molecule has 1 heterocycles. The Morgan fingerprint density at radius 3 is 2.42 bits per heavy atom. The zero-order valence-corrected chi connectivity index (χ0v) is 17.4. The van der Waals surface area contributed by atoms with Crippen molar-refractivity contribution in [3.8, 4) is 0 Å². The number of nitrogens with zero attached hydrogens (tertiary/aromatic N) is 1. The minimum atomic E-state index is -5.01. The summed E-state index contributed by atoms with van der Waals surface area (Å²) in [6.45, 7) is 2.61. The molecule has 4 rings (SSSR count). The fourth-order valence-electron chi connectivity index (χ4n) is 5.37. The number of fused-ring (bicyclic) bond motifs is 3. The van der Waals surface area contributed by atoms with Crippen LogP contribution in [0.2, 0.25) is 0 Å². The van der Waals surface area contributed by atoms with E-state index in [2.05, 4.69) is 0 Å². The molecule has 1 unspecified atom stereocenters. The molecular weight excluding hydrogens is 413 g/mol. The van der Waals surface area contributed by atoms with Gasteiger partial charge < -0.3 is 4.90 Å². The van der Waals surface area contributed by atoms with Crippen molar-refractivity contribution in [3.05, 3.63) is 70.5 Å². The van der Waals surface area contributed by atoms with E-state index in [4.69, 9.17) is 0 Å². The third-order valence-corrected chi connectivity index (χ3v) is 7.05. The molecular formula is C24H24F5NO. The van der Waals surface area contributed by atoms with Gasteiger partial charge in [0.05, 0.1) is 0 Å². The fourth-order valence-corrected chi connectivity index (χ4v) is 5.37. The van der Waals surface area contributed by atoms with Crippen LogP contribution in [-0.4, -0.2) is 29.6 Å². The van der Waals surface area contributed by atoms with Crippen molar-refractivity contribution in [2.75, 3.05) is 6.54 Å². The van der Waals surface area contributed by atoms with Crippen molar-refractivity contribution < 1.29 is 26.7 Å². The van der Waals surface area contributed by atoms with Crippen molar-refractivity contribution in [2.24, 2.45) is 0 Å². The average Bonchev–Trinajstić information content (AvgIpc) is 3.08. The van der Waals surface area contributed by atoms with E-state index in [1.54, 1.807) is 18.2 Å². The van der Waals surface area contributed by atoms with Crippen LogP contribution < -0.4 is 0 Å². The van der Waals surface area contributed by atoms with E-state index >= 15 is 0 Å². The lowest BCUT2D eigenvalue weighted by molar-refractivity contribution is -0.228. The van der Waals surface area contributed by atoms with Crippen LogP contribution in [0.25, 0.3) is 0 Å². The molecule has 0 radical (unpaired) electrons. The van der Waals surface area contributed by atoms with Gasteiger partial charge in [0.25, 0.3) is 0 Å². The van der Waals surface area contributed by atoms with E-state index in [0.717, 1.165) is 11.1 Å². The maximum atomic E-state index is 14.6. The zero-order valence-electron chi connectivity index (χ0n) is 17.4. The standard InChI is InChI=1S/C24H24F5NO/c1-15(31)30-12-11-23(14-16-3-7-19(25)8-4-16)20-9-6-18(22(2,26)24(27,28)29)13-17(20)5-10-21(23)30/h3-4,6-9,13,21H,5,10-12,14H2,1-2H3/t21-,22?,23-/m1/s1. The molecule has 1 amide bonds. The van der Waals surface area contributed by atoms with Crippen LogP contribution in [0, 0.1) is 5.82 Å². The molecule has 7 heteroatoms. The molecule has 31 heavy (non-hydrogen) atoms. The quantitative estimate of drug-likeness (QED) is 0.571. The van der Waals surface area contributed by atoms with Gasteiger partial charge in [-0.25, -0.2) is 8.78 Å². The smallest absolute Gasteiger partial charge is 0.339 e. The zero-order chi connectivity index (χ0) is 22.6. The lowest BCUT2D eigenvalue weighted by Crippen LogP contribution is -2.48. The average molecular weight is 437 g/mol. The van der Waals surface area contributed by atoms with Crippen LogP contribution in [-0.2, 0) is 28.7 Å².